The van der Waals surface area contributed by atoms with Crippen LogP contribution in [0.3, 0.4) is 0 Å². The molecule has 7 atom stereocenters. The van der Waals surface area contributed by atoms with Gasteiger partial charge in [0, 0.05) is 19.0 Å². The fourth-order valence-corrected chi connectivity index (χ4v) is 9.03. The van der Waals surface area contributed by atoms with Gasteiger partial charge in [-0.1, -0.05) is 132 Å². The van der Waals surface area contributed by atoms with Crippen LogP contribution in [0.1, 0.15) is 161 Å². The van der Waals surface area contributed by atoms with E-state index in [1.165, 1.54) is 25.3 Å². The molecule has 396 valence electrons. The van der Waals surface area contributed by atoms with E-state index in [1.807, 2.05) is 0 Å². The van der Waals surface area contributed by atoms with Crippen LogP contribution in [0.5, 0.6) is 0 Å². The Labute approximate surface area is 415 Å². The van der Waals surface area contributed by atoms with Gasteiger partial charge < -0.3 is 39.9 Å². The van der Waals surface area contributed by atoms with Gasteiger partial charge in [-0.05, 0) is 89.5 Å². The second-order valence-corrected chi connectivity index (χ2v) is 20.0. The van der Waals surface area contributed by atoms with Gasteiger partial charge in [0.2, 0.25) is 0 Å². The van der Waals surface area contributed by atoms with Crippen LogP contribution in [0.2, 0.25) is 0 Å². The van der Waals surface area contributed by atoms with Crippen molar-refractivity contribution in [2.75, 3.05) is 25.6 Å². The zero-order valence-corrected chi connectivity index (χ0v) is 43.1. The molecule has 0 aromatic carbocycles. The van der Waals surface area contributed by atoms with Crippen LogP contribution in [0.25, 0.3) is 0 Å². The highest BCUT2D eigenvalue weighted by Crippen LogP contribution is 2.60. The Hall–Kier alpha value is -3.80. The summed E-state index contributed by atoms with van der Waals surface area (Å²) in [7, 11) is -10.9. The first kappa shape index (κ1) is 62.3. The number of hydrogen-bond acceptors (Lipinski definition) is 15. The lowest BCUT2D eigenvalue weighted by Gasteiger charge is -2.21. The van der Waals surface area contributed by atoms with Crippen molar-refractivity contribution in [2.24, 2.45) is 0 Å². The highest BCUT2D eigenvalue weighted by Gasteiger charge is 2.46. The van der Waals surface area contributed by atoms with Crippen molar-refractivity contribution >= 4 is 33.4 Å². The SMILES string of the molecule is CC/C=C\C/C=C\C/C=C\C/C=C\CCCCCCC(=O)O[C@H](COC(=O)CCCCCCC/C=C\C/C=C\CCCCC)COP(=O)(O)OP(=O)(O)OC[C@H]1O[C@@H](n2ccc(N)nc2=O)C(O)[C@H]1O. The average Bonchev–Trinajstić information content (AvgIpc) is 3.59. The third kappa shape index (κ3) is 30.2. The number of aromatic nitrogens is 2. The maximum Gasteiger partial charge on any atom is 0.481 e. The number of ether oxygens (including phenoxy) is 3. The van der Waals surface area contributed by atoms with Crippen LogP contribution in [0.15, 0.2) is 90.0 Å². The van der Waals surface area contributed by atoms with Gasteiger partial charge in [0.1, 0.15) is 30.7 Å². The van der Waals surface area contributed by atoms with E-state index in [4.69, 9.17) is 29.0 Å². The van der Waals surface area contributed by atoms with Crippen molar-refractivity contribution in [3.8, 4) is 0 Å². The number of aliphatic hydroxyl groups excluding tert-OH is 2. The maximum atomic E-state index is 12.9. The second-order valence-electron chi connectivity index (χ2n) is 16.9. The number of anilines is 1. The first-order chi connectivity index (χ1) is 33.7. The van der Waals surface area contributed by atoms with Gasteiger partial charge in [0.05, 0.1) is 13.2 Å². The number of carbonyl (C=O) groups excluding carboxylic acids is 2. The van der Waals surface area contributed by atoms with Gasteiger partial charge in [-0.2, -0.15) is 9.29 Å². The number of carbonyl (C=O) groups is 2. The Morgan fingerprint density at radius 1 is 0.700 bits per heavy atom. The Balaban J connectivity index is 1.83. The lowest BCUT2D eigenvalue weighted by atomic mass is 10.1. The van der Waals surface area contributed by atoms with Crippen molar-refractivity contribution in [1.82, 2.24) is 9.55 Å². The van der Waals surface area contributed by atoms with Gasteiger partial charge in [0.25, 0.3) is 0 Å². The summed E-state index contributed by atoms with van der Waals surface area (Å²) in [4.78, 5) is 61.9. The quantitative estimate of drug-likeness (QED) is 0.0177. The van der Waals surface area contributed by atoms with Crippen molar-refractivity contribution in [1.29, 1.82) is 0 Å². The average molecular weight is 1030 g/mol. The summed E-state index contributed by atoms with van der Waals surface area (Å²) < 4.78 is 56.7. The molecule has 0 bridgehead atoms. The first-order valence-electron chi connectivity index (χ1n) is 24.9. The number of esters is 2. The van der Waals surface area contributed by atoms with E-state index in [0.29, 0.717) is 12.8 Å². The number of rotatable bonds is 40. The molecular weight excluding hydrogens is 945 g/mol. The topological polar surface area (TPSA) is 265 Å². The summed E-state index contributed by atoms with van der Waals surface area (Å²) in [5.41, 5.74) is 4.58. The third-order valence-electron chi connectivity index (χ3n) is 10.8. The lowest BCUT2D eigenvalue weighted by molar-refractivity contribution is -0.161. The molecule has 0 radical (unpaired) electrons. The monoisotopic (exact) mass is 1030 g/mol. The molecule has 18 nitrogen and oxygen atoms in total. The molecule has 1 saturated heterocycles. The predicted octanol–water partition coefficient (Wildman–Crippen LogP) is 10.1. The van der Waals surface area contributed by atoms with Crippen LogP contribution in [0, 0.1) is 0 Å². The number of hydrogen-bond donors (Lipinski definition) is 5. The van der Waals surface area contributed by atoms with Crippen LogP contribution >= 0.6 is 15.6 Å². The van der Waals surface area contributed by atoms with Gasteiger partial charge in [-0.15, -0.1) is 0 Å². The molecule has 1 aliphatic heterocycles. The summed E-state index contributed by atoms with van der Waals surface area (Å²) in [6, 6.07) is 1.24. The molecule has 1 aromatic rings. The minimum absolute atomic E-state index is 0.0153. The summed E-state index contributed by atoms with van der Waals surface area (Å²) in [5.74, 6) is -1.35. The molecule has 2 rings (SSSR count). The van der Waals surface area contributed by atoms with Crippen LogP contribution in [0.4, 0.5) is 5.82 Å². The van der Waals surface area contributed by atoms with Gasteiger partial charge in [-0.3, -0.25) is 23.2 Å². The molecule has 1 aromatic heterocycles. The van der Waals surface area contributed by atoms with Gasteiger partial charge in [-0.25, -0.2) is 13.9 Å². The van der Waals surface area contributed by atoms with Gasteiger partial charge >= 0.3 is 33.3 Å². The van der Waals surface area contributed by atoms with E-state index in [0.717, 1.165) is 107 Å². The zero-order valence-electron chi connectivity index (χ0n) is 41.3. The molecule has 2 heterocycles. The minimum Gasteiger partial charge on any atom is -0.462 e. The molecule has 0 saturated carbocycles. The smallest absolute Gasteiger partial charge is 0.462 e. The Morgan fingerprint density at radius 2 is 1.20 bits per heavy atom. The van der Waals surface area contributed by atoms with E-state index < -0.39 is 83.7 Å². The third-order valence-corrected chi connectivity index (χ3v) is 13.4. The highest BCUT2D eigenvalue weighted by molar-refractivity contribution is 7.61. The standard InChI is InChI=1S/C50H81N3O15P2/c1-3-5-7-9-11-13-15-17-19-20-22-24-26-28-30-32-34-36-46(55)66-42(39-63-45(54)35-33-31-29-27-25-23-21-18-16-14-12-10-8-6-4-2)40-64-69(59,60)68-70(61,62)65-41-43-47(56)48(57)49(67-43)53-38-37-44(51)52-50(53)58/h5,7,11-14,17-19,21-22,24,37-38,42-43,47-49,56-57H,3-4,6,8-10,15-16,20,23,25-36,39-41H2,1-2H3,(H,59,60)(H,61,62)(H2,51,52,58)/b7-5-,13-11-,14-12-,19-17-,21-18-,24-22-/t42-,43-,47+,48?,49-/m1/s1. The number of nitrogens with zero attached hydrogens (tertiary/aromatic N) is 2. The Bertz CT molecular complexity index is 1950. The van der Waals surface area contributed by atoms with Crippen molar-refractivity contribution < 1.29 is 66.3 Å². The summed E-state index contributed by atoms with van der Waals surface area (Å²) >= 11 is 0. The molecular formula is C50H81N3O15P2. The molecule has 3 unspecified atom stereocenters. The Morgan fingerprint density at radius 3 is 1.76 bits per heavy atom. The fraction of sp³-hybridized carbons (Fsp3) is 0.640. The largest absolute Gasteiger partial charge is 0.481 e. The molecule has 0 spiro atoms. The van der Waals surface area contributed by atoms with E-state index >= 15 is 0 Å². The molecule has 1 fully saturated rings. The zero-order chi connectivity index (χ0) is 51.3. The predicted molar refractivity (Wildman–Crippen MR) is 270 cm³/mol. The number of aliphatic hydroxyl groups is 2. The van der Waals surface area contributed by atoms with E-state index in [9.17, 15) is 43.5 Å². The highest BCUT2D eigenvalue weighted by atomic mass is 31.3. The maximum absolute atomic E-state index is 12.9. The Kier molecular flexibility index (Phi) is 33.7. The molecule has 0 amide bonds. The molecule has 70 heavy (non-hydrogen) atoms. The number of phosphoric acid groups is 2. The number of allylic oxidation sites excluding steroid dienone is 12. The number of nitrogen functional groups attached to an aromatic ring is 1. The number of phosphoric ester groups is 2. The molecule has 1 aliphatic rings. The fourth-order valence-electron chi connectivity index (χ4n) is 6.92. The second kappa shape index (κ2) is 37.9. The first-order valence-corrected chi connectivity index (χ1v) is 27.9. The van der Waals surface area contributed by atoms with Crippen LogP contribution in [-0.2, 0) is 46.3 Å². The van der Waals surface area contributed by atoms with E-state index in [-0.39, 0.29) is 18.7 Å². The minimum atomic E-state index is -5.43. The van der Waals surface area contributed by atoms with E-state index in [1.54, 1.807) is 0 Å². The van der Waals surface area contributed by atoms with Crippen molar-refractivity contribution in [3.63, 3.8) is 0 Å². The number of nitrogens with two attached hydrogens (primary N) is 1. The normalized spacial score (nSPS) is 19.9. The van der Waals surface area contributed by atoms with Crippen molar-refractivity contribution in [3.05, 3.63) is 95.7 Å². The van der Waals surface area contributed by atoms with Crippen LogP contribution < -0.4 is 11.4 Å². The molecule has 20 heteroatoms. The van der Waals surface area contributed by atoms with Crippen molar-refractivity contribution in [2.45, 2.75) is 186 Å². The summed E-state index contributed by atoms with van der Waals surface area (Å²) in [6.07, 6.45) is 38.4. The van der Waals surface area contributed by atoms with E-state index in [2.05, 4.69) is 96.1 Å². The van der Waals surface area contributed by atoms with Gasteiger partial charge in [0.15, 0.2) is 12.3 Å². The summed E-state index contributed by atoms with van der Waals surface area (Å²) in [6.45, 7) is 1.97. The number of unbranched alkanes of at least 4 members (excludes halogenated alkanes) is 12. The lowest BCUT2D eigenvalue weighted by Crippen LogP contribution is -2.36. The molecule has 6 N–H and O–H groups in total. The van der Waals surface area contributed by atoms with Crippen LogP contribution in [-0.4, -0.2) is 85.7 Å². The summed E-state index contributed by atoms with van der Waals surface area (Å²) in [5, 5.41) is 20.9. The molecule has 0 aliphatic carbocycles.